The normalized spacial score (nSPS) is 11.3. The van der Waals surface area contributed by atoms with E-state index in [9.17, 15) is 0 Å². The van der Waals surface area contributed by atoms with Crippen molar-refractivity contribution in [2.75, 3.05) is 0 Å². The Bertz CT molecular complexity index is 577. The van der Waals surface area contributed by atoms with Crippen molar-refractivity contribution in [3.8, 4) is 10.6 Å². The van der Waals surface area contributed by atoms with Crippen molar-refractivity contribution >= 4 is 27.6 Å². The molecule has 2 N–H and O–H groups in total. The molecule has 0 atom stereocenters. The second kappa shape index (κ2) is 3.44. The van der Waals surface area contributed by atoms with Crippen LogP contribution in [-0.4, -0.2) is 9.38 Å². The van der Waals surface area contributed by atoms with Gasteiger partial charge in [-0.15, -0.1) is 22.7 Å². The molecule has 0 radical (unpaired) electrons. The molecule has 76 valence electrons. The summed E-state index contributed by atoms with van der Waals surface area (Å²) in [5, 5.41) is 4.12. The summed E-state index contributed by atoms with van der Waals surface area (Å²) < 4.78 is 2.07. The van der Waals surface area contributed by atoms with E-state index >= 15 is 0 Å². The highest BCUT2D eigenvalue weighted by molar-refractivity contribution is 7.15. The first-order valence-electron chi connectivity index (χ1n) is 4.58. The lowest BCUT2D eigenvalue weighted by atomic mass is 10.4. The van der Waals surface area contributed by atoms with Gasteiger partial charge in [0.2, 0.25) is 0 Å². The number of hydrogen-bond acceptors (Lipinski definition) is 4. The molecule has 5 heteroatoms. The number of imidazole rings is 1. The minimum absolute atomic E-state index is 0.556. The monoisotopic (exact) mass is 235 g/mol. The highest BCUT2D eigenvalue weighted by Crippen LogP contribution is 2.26. The van der Waals surface area contributed by atoms with Gasteiger partial charge in [-0.3, -0.25) is 4.40 Å². The van der Waals surface area contributed by atoms with Gasteiger partial charge in [-0.25, -0.2) is 4.98 Å². The van der Waals surface area contributed by atoms with Gasteiger partial charge in [-0.05, 0) is 11.4 Å². The van der Waals surface area contributed by atoms with Gasteiger partial charge in [0.05, 0.1) is 4.88 Å². The highest BCUT2D eigenvalue weighted by atomic mass is 32.1. The largest absolute Gasteiger partial charge is 0.325 e. The molecule has 3 aromatic rings. The first kappa shape index (κ1) is 9.08. The fraction of sp³-hybridized carbons (Fsp3) is 0.100. The Kier molecular flexibility index (Phi) is 2.09. The second-order valence-electron chi connectivity index (χ2n) is 3.19. The van der Waals surface area contributed by atoms with E-state index < -0.39 is 0 Å². The summed E-state index contributed by atoms with van der Waals surface area (Å²) in [7, 11) is 0. The summed E-state index contributed by atoms with van der Waals surface area (Å²) >= 11 is 3.34. The van der Waals surface area contributed by atoms with E-state index in [1.165, 1.54) is 4.88 Å². The van der Waals surface area contributed by atoms with Gasteiger partial charge < -0.3 is 5.73 Å². The van der Waals surface area contributed by atoms with Crippen LogP contribution in [0.2, 0.25) is 0 Å². The molecule has 0 spiro atoms. The molecule has 0 amide bonds. The molecule has 0 aliphatic carbocycles. The number of fused-ring (bicyclic) bond motifs is 1. The van der Waals surface area contributed by atoms with Crippen LogP contribution in [0.5, 0.6) is 0 Å². The van der Waals surface area contributed by atoms with E-state index in [-0.39, 0.29) is 0 Å². The number of aromatic nitrogens is 2. The molecule has 3 rings (SSSR count). The molecule has 0 aliphatic rings. The number of thiophene rings is 1. The molecular weight excluding hydrogens is 226 g/mol. The van der Waals surface area contributed by atoms with Crippen molar-refractivity contribution in [1.82, 2.24) is 9.38 Å². The lowest BCUT2D eigenvalue weighted by Crippen LogP contribution is -1.98. The predicted octanol–water partition coefficient (Wildman–Crippen LogP) is 2.58. The Morgan fingerprint density at radius 1 is 1.40 bits per heavy atom. The van der Waals surface area contributed by atoms with Gasteiger partial charge in [-0.1, -0.05) is 6.07 Å². The lowest BCUT2D eigenvalue weighted by Gasteiger charge is -1.90. The molecule has 0 fully saturated rings. The fourth-order valence-electron chi connectivity index (χ4n) is 1.52. The van der Waals surface area contributed by atoms with E-state index in [2.05, 4.69) is 32.4 Å². The van der Waals surface area contributed by atoms with Gasteiger partial charge in [0.15, 0.2) is 4.96 Å². The molecule has 3 heterocycles. The summed E-state index contributed by atoms with van der Waals surface area (Å²) in [6.45, 7) is 0.556. The van der Waals surface area contributed by atoms with E-state index in [0.717, 1.165) is 16.3 Å². The molecule has 15 heavy (non-hydrogen) atoms. The van der Waals surface area contributed by atoms with Gasteiger partial charge >= 0.3 is 0 Å². The third kappa shape index (κ3) is 1.40. The SMILES string of the molecule is NCc1csc2nc(-c3cccs3)cn12. The second-order valence-corrected chi connectivity index (χ2v) is 4.97. The van der Waals surface area contributed by atoms with Crippen LogP contribution < -0.4 is 5.73 Å². The van der Waals surface area contributed by atoms with Gasteiger partial charge in [0.1, 0.15) is 5.69 Å². The molecule has 0 saturated heterocycles. The minimum atomic E-state index is 0.556. The fourth-order valence-corrected chi connectivity index (χ4v) is 3.08. The number of hydrogen-bond donors (Lipinski definition) is 1. The van der Waals surface area contributed by atoms with E-state index in [4.69, 9.17) is 5.73 Å². The standard InChI is InChI=1S/C10H9N3S2/c11-4-7-6-15-10-12-8(5-13(7)10)9-2-1-3-14-9/h1-3,5-6H,4,11H2. The van der Waals surface area contributed by atoms with Crippen LogP contribution in [0.25, 0.3) is 15.5 Å². The molecule has 0 saturated carbocycles. The number of thiazole rings is 1. The van der Waals surface area contributed by atoms with Gasteiger partial charge in [0, 0.05) is 23.8 Å². The molecule has 0 bridgehead atoms. The van der Waals surface area contributed by atoms with Crippen LogP contribution in [0.3, 0.4) is 0 Å². The summed E-state index contributed by atoms with van der Waals surface area (Å²) in [4.78, 5) is 6.78. The summed E-state index contributed by atoms with van der Waals surface area (Å²) in [5.74, 6) is 0. The van der Waals surface area contributed by atoms with Crippen molar-refractivity contribution in [3.63, 3.8) is 0 Å². The third-order valence-electron chi connectivity index (χ3n) is 2.27. The van der Waals surface area contributed by atoms with Crippen LogP contribution in [0.4, 0.5) is 0 Å². The third-order valence-corrected chi connectivity index (χ3v) is 4.05. The number of nitrogens with zero attached hydrogens (tertiary/aromatic N) is 2. The van der Waals surface area contributed by atoms with Crippen LogP contribution in [0, 0.1) is 0 Å². The zero-order valence-corrected chi connectivity index (χ0v) is 9.52. The average molecular weight is 235 g/mol. The first-order chi connectivity index (χ1) is 7.38. The van der Waals surface area contributed by atoms with Crippen LogP contribution in [0.15, 0.2) is 29.1 Å². The zero-order valence-electron chi connectivity index (χ0n) is 7.88. The van der Waals surface area contributed by atoms with Crippen molar-refractivity contribution in [1.29, 1.82) is 0 Å². The van der Waals surface area contributed by atoms with Gasteiger partial charge in [-0.2, -0.15) is 0 Å². The highest BCUT2D eigenvalue weighted by Gasteiger charge is 2.08. The van der Waals surface area contributed by atoms with Crippen LogP contribution >= 0.6 is 22.7 Å². The molecule has 0 aromatic carbocycles. The smallest absolute Gasteiger partial charge is 0.194 e. The van der Waals surface area contributed by atoms with Crippen molar-refractivity contribution < 1.29 is 0 Å². The van der Waals surface area contributed by atoms with Crippen molar-refractivity contribution in [2.24, 2.45) is 5.73 Å². The Hall–Kier alpha value is -1.17. The van der Waals surface area contributed by atoms with Crippen molar-refractivity contribution in [2.45, 2.75) is 6.54 Å². The maximum Gasteiger partial charge on any atom is 0.194 e. The summed E-state index contributed by atoms with van der Waals surface area (Å²) in [6.07, 6.45) is 2.06. The minimum Gasteiger partial charge on any atom is -0.325 e. The van der Waals surface area contributed by atoms with Crippen LogP contribution in [-0.2, 0) is 6.54 Å². The quantitative estimate of drug-likeness (QED) is 0.742. The van der Waals surface area contributed by atoms with E-state index in [1.807, 2.05) is 6.07 Å². The Morgan fingerprint density at radius 2 is 2.33 bits per heavy atom. The van der Waals surface area contributed by atoms with Gasteiger partial charge in [0.25, 0.3) is 0 Å². The van der Waals surface area contributed by atoms with E-state index in [0.29, 0.717) is 6.54 Å². The Balaban J connectivity index is 2.19. The Morgan fingerprint density at radius 3 is 3.07 bits per heavy atom. The lowest BCUT2D eigenvalue weighted by molar-refractivity contribution is 0.966. The number of rotatable bonds is 2. The Labute approximate surface area is 94.8 Å². The predicted molar refractivity (Wildman–Crippen MR) is 64.3 cm³/mol. The summed E-state index contributed by atoms with van der Waals surface area (Å²) in [5.41, 5.74) is 7.80. The first-order valence-corrected chi connectivity index (χ1v) is 6.34. The maximum absolute atomic E-state index is 5.65. The molecule has 3 aromatic heterocycles. The summed E-state index contributed by atoms with van der Waals surface area (Å²) in [6, 6.07) is 4.12. The zero-order chi connectivity index (χ0) is 10.3. The molecule has 3 nitrogen and oxygen atoms in total. The topological polar surface area (TPSA) is 43.3 Å². The number of nitrogens with two attached hydrogens (primary N) is 1. The average Bonchev–Trinajstić information content (AvgIpc) is 2.93. The molecule has 0 unspecified atom stereocenters. The van der Waals surface area contributed by atoms with Crippen LogP contribution in [0.1, 0.15) is 5.69 Å². The maximum atomic E-state index is 5.65. The molecular formula is C10H9N3S2. The molecule has 0 aliphatic heterocycles. The van der Waals surface area contributed by atoms with E-state index in [1.54, 1.807) is 22.7 Å². The van der Waals surface area contributed by atoms with Crippen molar-refractivity contribution in [3.05, 3.63) is 34.8 Å².